The van der Waals surface area contributed by atoms with Gasteiger partial charge in [0, 0.05) is 18.0 Å². The first-order valence-electron chi connectivity index (χ1n) is 7.32. The number of nitrogens with one attached hydrogen (secondary N) is 1. The highest BCUT2D eigenvalue weighted by molar-refractivity contribution is 6.02. The SMILES string of the molecule is CC/C(=N/NC(=O)c1ccncc1)c1ccc(OCC(=O)O)cc1. The smallest absolute Gasteiger partial charge is 0.341 e. The third-order valence-corrected chi connectivity index (χ3v) is 3.12. The fourth-order valence-electron chi connectivity index (χ4n) is 1.92. The summed E-state index contributed by atoms with van der Waals surface area (Å²) in [4.78, 5) is 26.3. The van der Waals surface area contributed by atoms with Gasteiger partial charge in [0.1, 0.15) is 5.75 Å². The number of rotatable bonds is 7. The maximum absolute atomic E-state index is 12.0. The molecule has 7 heteroatoms. The van der Waals surface area contributed by atoms with Crippen molar-refractivity contribution in [2.24, 2.45) is 5.10 Å². The Morgan fingerprint density at radius 2 is 1.79 bits per heavy atom. The number of pyridine rings is 1. The van der Waals surface area contributed by atoms with Crippen LogP contribution in [0.4, 0.5) is 0 Å². The molecule has 0 radical (unpaired) electrons. The van der Waals surface area contributed by atoms with Crippen LogP contribution in [0, 0.1) is 0 Å². The molecule has 0 aliphatic heterocycles. The summed E-state index contributed by atoms with van der Waals surface area (Å²) in [6, 6.07) is 10.1. The Hall–Kier alpha value is -3.22. The summed E-state index contributed by atoms with van der Waals surface area (Å²) in [5.41, 5.74) is 4.50. The monoisotopic (exact) mass is 327 g/mol. The number of nitrogens with zero attached hydrogens (tertiary/aromatic N) is 2. The van der Waals surface area contributed by atoms with E-state index in [1.807, 2.05) is 6.92 Å². The number of hydrazone groups is 1. The molecule has 0 fully saturated rings. The van der Waals surface area contributed by atoms with E-state index < -0.39 is 12.6 Å². The van der Waals surface area contributed by atoms with Crippen molar-refractivity contribution in [3.8, 4) is 5.75 Å². The van der Waals surface area contributed by atoms with Crippen LogP contribution in [0.5, 0.6) is 5.75 Å². The van der Waals surface area contributed by atoms with Gasteiger partial charge in [-0.05, 0) is 48.4 Å². The molecule has 1 aromatic heterocycles. The number of carboxylic acids is 1. The molecule has 0 atom stereocenters. The van der Waals surface area contributed by atoms with Gasteiger partial charge >= 0.3 is 5.97 Å². The molecule has 0 saturated heterocycles. The van der Waals surface area contributed by atoms with E-state index in [0.717, 1.165) is 5.56 Å². The van der Waals surface area contributed by atoms with Gasteiger partial charge in [0.2, 0.25) is 0 Å². The zero-order valence-corrected chi connectivity index (χ0v) is 13.1. The van der Waals surface area contributed by atoms with Crippen molar-refractivity contribution < 1.29 is 19.4 Å². The van der Waals surface area contributed by atoms with Gasteiger partial charge in [0.15, 0.2) is 6.61 Å². The zero-order chi connectivity index (χ0) is 17.4. The van der Waals surface area contributed by atoms with Gasteiger partial charge in [-0.25, -0.2) is 10.2 Å². The number of aliphatic carboxylic acids is 1. The summed E-state index contributed by atoms with van der Waals surface area (Å²) in [6.45, 7) is 1.53. The molecule has 0 aliphatic carbocycles. The summed E-state index contributed by atoms with van der Waals surface area (Å²) in [5, 5.41) is 12.7. The second-order valence-corrected chi connectivity index (χ2v) is 4.80. The van der Waals surface area contributed by atoms with Crippen LogP contribution in [-0.4, -0.2) is 34.3 Å². The van der Waals surface area contributed by atoms with Crippen LogP contribution >= 0.6 is 0 Å². The Bertz CT molecular complexity index is 727. The van der Waals surface area contributed by atoms with Crippen LogP contribution in [-0.2, 0) is 4.79 Å². The number of aromatic nitrogens is 1. The summed E-state index contributed by atoms with van der Waals surface area (Å²) < 4.78 is 5.08. The van der Waals surface area contributed by atoms with Crippen LogP contribution in [0.1, 0.15) is 29.3 Å². The Kier molecular flexibility index (Phi) is 6.01. The Morgan fingerprint density at radius 1 is 1.12 bits per heavy atom. The molecular formula is C17H17N3O4. The van der Waals surface area contributed by atoms with Crippen molar-refractivity contribution in [1.29, 1.82) is 0 Å². The fourth-order valence-corrected chi connectivity index (χ4v) is 1.92. The predicted octanol–water partition coefficient (Wildman–Crippen LogP) is 2.09. The lowest BCUT2D eigenvalue weighted by Gasteiger charge is -2.07. The minimum absolute atomic E-state index is 0.315. The number of carbonyl (C=O) groups excluding carboxylic acids is 1. The summed E-state index contributed by atoms with van der Waals surface area (Å²) in [6.07, 6.45) is 3.69. The molecule has 2 N–H and O–H groups in total. The van der Waals surface area contributed by atoms with Crippen molar-refractivity contribution in [2.45, 2.75) is 13.3 Å². The first-order valence-corrected chi connectivity index (χ1v) is 7.32. The van der Waals surface area contributed by atoms with Crippen molar-refractivity contribution >= 4 is 17.6 Å². The average molecular weight is 327 g/mol. The molecule has 2 aromatic rings. The summed E-state index contributed by atoms with van der Waals surface area (Å²) in [7, 11) is 0. The molecule has 0 unspecified atom stereocenters. The van der Waals surface area contributed by atoms with Crippen LogP contribution < -0.4 is 10.2 Å². The van der Waals surface area contributed by atoms with Gasteiger partial charge in [-0.1, -0.05) is 6.92 Å². The highest BCUT2D eigenvalue weighted by Gasteiger charge is 2.06. The summed E-state index contributed by atoms with van der Waals surface area (Å²) in [5.74, 6) is -0.893. The van der Waals surface area contributed by atoms with Gasteiger partial charge in [-0.2, -0.15) is 5.10 Å². The Morgan fingerprint density at radius 3 is 2.38 bits per heavy atom. The normalized spacial score (nSPS) is 11.0. The van der Waals surface area contributed by atoms with Crippen LogP contribution in [0.2, 0.25) is 0 Å². The molecule has 0 bridgehead atoms. The molecule has 124 valence electrons. The second kappa shape index (κ2) is 8.42. The van der Waals surface area contributed by atoms with Gasteiger partial charge < -0.3 is 9.84 Å². The Balaban J connectivity index is 2.04. The molecular weight excluding hydrogens is 310 g/mol. The molecule has 2 rings (SSSR count). The van der Waals surface area contributed by atoms with E-state index >= 15 is 0 Å². The molecule has 1 amide bonds. The van der Waals surface area contributed by atoms with E-state index in [4.69, 9.17) is 9.84 Å². The third kappa shape index (κ3) is 4.91. The Labute approximate surface area is 139 Å². The van der Waals surface area contributed by atoms with Crippen LogP contribution in [0.3, 0.4) is 0 Å². The number of amides is 1. The molecule has 1 heterocycles. The number of hydrogen-bond acceptors (Lipinski definition) is 5. The third-order valence-electron chi connectivity index (χ3n) is 3.12. The maximum Gasteiger partial charge on any atom is 0.341 e. The highest BCUT2D eigenvalue weighted by atomic mass is 16.5. The lowest BCUT2D eigenvalue weighted by Crippen LogP contribution is -2.20. The van der Waals surface area contributed by atoms with Crippen molar-refractivity contribution in [2.75, 3.05) is 6.61 Å². The number of ether oxygens (including phenoxy) is 1. The first kappa shape index (κ1) is 17.1. The molecule has 0 saturated carbocycles. The minimum Gasteiger partial charge on any atom is -0.482 e. The fraction of sp³-hybridized carbons (Fsp3) is 0.176. The zero-order valence-electron chi connectivity index (χ0n) is 13.1. The van der Waals surface area contributed by atoms with E-state index in [0.29, 0.717) is 23.4 Å². The number of carbonyl (C=O) groups is 2. The summed E-state index contributed by atoms with van der Waals surface area (Å²) >= 11 is 0. The average Bonchev–Trinajstić information content (AvgIpc) is 2.62. The van der Waals surface area contributed by atoms with E-state index in [1.165, 1.54) is 12.4 Å². The van der Waals surface area contributed by atoms with E-state index in [1.54, 1.807) is 36.4 Å². The van der Waals surface area contributed by atoms with E-state index in [2.05, 4.69) is 15.5 Å². The van der Waals surface area contributed by atoms with Crippen molar-refractivity contribution in [3.05, 3.63) is 59.9 Å². The molecule has 0 spiro atoms. The maximum atomic E-state index is 12.0. The predicted molar refractivity (Wildman–Crippen MR) is 88.1 cm³/mol. The van der Waals surface area contributed by atoms with Gasteiger partial charge in [0.25, 0.3) is 5.91 Å². The minimum atomic E-state index is -1.03. The van der Waals surface area contributed by atoms with E-state index in [-0.39, 0.29) is 5.91 Å². The van der Waals surface area contributed by atoms with Gasteiger partial charge in [-0.15, -0.1) is 0 Å². The van der Waals surface area contributed by atoms with Crippen molar-refractivity contribution in [3.63, 3.8) is 0 Å². The number of carboxylic acid groups (broad SMARTS) is 1. The van der Waals surface area contributed by atoms with Crippen LogP contribution in [0.15, 0.2) is 53.9 Å². The van der Waals surface area contributed by atoms with Crippen molar-refractivity contribution in [1.82, 2.24) is 10.4 Å². The lowest BCUT2D eigenvalue weighted by atomic mass is 10.1. The molecule has 0 aliphatic rings. The standard InChI is InChI=1S/C17H17N3O4/c1-2-15(19-20-17(23)13-7-9-18-10-8-13)12-3-5-14(6-4-12)24-11-16(21)22/h3-10H,2,11H2,1H3,(H,20,23)(H,21,22)/b19-15-. The van der Waals surface area contributed by atoms with E-state index in [9.17, 15) is 9.59 Å². The highest BCUT2D eigenvalue weighted by Crippen LogP contribution is 2.14. The quantitative estimate of drug-likeness (QED) is 0.599. The topological polar surface area (TPSA) is 101 Å². The second-order valence-electron chi connectivity index (χ2n) is 4.80. The van der Waals surface area contributed by atoms with Gasteiger partial charge in [0.05, 0.1) is 5.71 Å². The lowest BCUT2D eigenvalue weighted by molar-refractivity contribution is -0.139. The molecule has 7 nitrogen and oxygen atoms in total. The molecule has 1 aromatic carbocycles. The van der Waals surface area contributed by atoms with Gasteiger partial charge in [-0.3, -0.25) is 9.78 Å². The molecule has 24 heavy (non-hydrogen) atoms. The number of hydrogen-bond donors (Lipinski definition) is 2. The first-order chi connectivity index (χ1) is 11.6. The van der Waals surface area contributed by atoms with Crippen LogP contribution in [0.25, 0.3) is 0 Å². The largest absolute Gasteiger partial charge is 0.482 e. The number of benzene rings is 1.